The molecule has 0 saturated carbocycles. The molecule has 0 aromatic carbocycles. The van der Waals surface area contributed by atoms with E-state index in [1.54, 1.807) is 11.3 Å². The number of thioether (sulfide) groups is 1. The summed E-state index contributed by atoms with van der Waals surface area (Å²) >= 11 is 4.74. The lowest BCUT2D eigenvalue weighted by Crippen LogP contribution is -2.14. The molecular weight excluding hydrogens is 470 g/mol. The summed E-state index contributed by atoms with van der Waals surface area (Å²) in [7, 11) is 0. The summed E-state index contributed by atoms with van der Waals surface area (Å²) in [6.07, 6.45) is 10.7. The minimum absolute atomic E-state index is 0.127. The van der Waals surface area contributed by atoms with Gasteiger partial charge in [0.2, 0.25) is 5.91 Å². The van der Waals surface area contributed by atoms with Gasteiger partial charge in [0.15, 0.2) is 11.0 Å². The molecule has 6 nitrogen and oxygen atoms in total. The quantitative estimate of drug-likeness (QED) is 0.340. The summed E-state index contributed by atoms with van der Waals surface area (Å²) in [5.41, 5.74) is 4.35. The van der Waals surface area contributed by atoms with Crippen LogP contribution in [0.4, 0.5) is 5.00 Å². The van der Waals surface area contributed by atoms with E-state index in [0.29, 0.717) is 22.3 Å². The zero-order chi connectivity index (χ0) is 22.8. The van der Waals surface area contributed by atoms with Crippen molar-refractivity contribution in [3.63, 3.8) is 0 Å². The Balaban J connectivity index is 1.32. The van der Waals surface area contributed by atoms with E-state index in [1.807, 2.05) is 22.0 Å². The summed E-state index contributed by atoms with van der Waals surface area (Å²) in [4.78, 5) is 15.5. The van der Waals surface area contributed by atoms with Gasteiger partial charge in [-0.15, -0.1) is 39.4 Å². The highest BCUT2D eigenvalue weighted by molar-refractivity contribution is 7.99. The van der Waals surface area contributed by atoms with Crippen molar-refractivity contribution in [1.29, 1.82) is 5.26 Å². The molecule has 0 spiro atoms. The Labute approximate surface area is 205 Å². The topological polar surface area (TPSA) is 83.6 Å². The number of thiophene rings is 2. The number of carbonyl (C=O) groups is 1. The number of allylic oxidation sites excluding steroid dienone is 1. The van der Waals surface area contributed by atoms with Crippen LogP contribution in [-0.2, 0) is 37.0 Å². The zero-order valence-electron chi connectivity index (χ0n) is 18.4. The Hall–Kier alpha value is -2.41. The van der Waals surface area contributed by atoms with Gasteiger partial charge in [0.05, 0.1) is 11.3 Å². The highest BCUT2D eigenvalue weighted by Crippen LogP contribution is 2.38. The smallest absolute Gasteiger partial charge is 0.235 e. The molecule has 1 amide bonds. The molecule has 9 heteroatoms. The number of hydrogen-bond donors (Lipinski definition) is 1. The van der Waals surface area contributed by atoms with Crippen molar-refractivity contribution < 1.29 is 4.79 Å². The van der Waals surface area contributed by atoms with Crippen LogP contribution < -0.4 is 5.32 Å². The summed E-state index contributed by atoms with van der Waals surface area (Å²) in [6, 6.07) is 2.30. The molecule has 1 N–H and O–H groups in total. The lowest BCUT2D eigenvalue weighted by Gasteiger charge is -2.13. The van der Waals surface area contributed by atoms with Crippen LogP contribution in [0, 0.1) is 11.3 Å². The number of nitrogens with one attached hydrogen (secondary N) is 1. The first-order valence-corrected chi connectivity index (χ1v) is 14.0. The first-order chi connectivity index (χ1) is 16.2. The van der Waals surface area contributed by atoms with Gasteiger partial charge in [0.25, 0.3) is 0 Å². The number of nitrogens with zero attached hydrogens (tertiary/aromatic N) is 4. The van der Waals surface area contributed by atoms with Crippen LogP contribution >= 0.6 is 34.4 Å². The fourth-order valence-electron chi connectivity index (χ4n) is 4.63. The van der Waals surface area contributed by atoms with Gasteiger partial charge in [-0.3, -0.25) is 9.36 Å². The third-order valence-corrected chi connectivity index (χ3v) is 9.46. The van der Waals surface area contributed by atoms with Crippen molar-refractivity contribution in [2.75, 3.05) is 11.1 Å². The predicted octanol–water partition coefficient (Wildman–Crippen LogP) is 5.61. The van der Waals surface area contributed by atoms with Gasteiger partial charge in [-0.1, -0.05) is 17.8 Å². The van der Waals surface area contributed by atoms with Crippen molar-refractivity contribution in [3.05, 3.63) is 44.5 Å². The van der Waals surface area contributed by atoms with E-state index in [1.165, 1.54) is 45.5 Å². The Bertz CT molecular complexity index is 1250. The number of hydrogen-bond acceptors (Lipinski definition) is 7. The van der Waals surface area contributed by atoms with Crippen LogP contribution in [0.25, 0.3) is 11.4 Å². The SMILES string of the molecule is C=CCn1c(SCC(=O)Nc2sc3c(c2C#N)CCCC3)nnc1-c1csc2c1CCCC2. The summed E-state index contributed by atoms with van der Waals surface area (Å²) in [5.74, 6) is 0.942. The number of anilines is 1. The van der Waals surface area contributed by atoms with E-state index in [-0.39, 0.29) is 11.7 Å². The van der Waals surface area contributed by atoms with Gasteiger partial charge >= 0.3 is 0 Å². The monoisotopic (exact) mass is 495 g/mol. The maximum Gasteiger partial charge on any atom is 0.235 e. The standard InChI is InChI=1S/C24H25N5OS3/c1-2-11-29-22(18-13-31-19-9-5-3-8-16(18)19)27-28-24(29)32-14-21(30)26-23-17(12-25)15-7-4-6-10-20(15)33-23/h2,13H,1,3-11,14H2,(H,26,30). The maximum atomic E-state index is 12.8. The maximum absolute atomic E-state index is 12.8. The van der Waals surface area contributed by atoms with Crippen LogP contribution in [0.3, 0.4) is 0 Å². The van der Waals surface area contributed by atoms with E-state index in [2.05, 4.69) is 33.5 Å². The molecule has 2 aliphatic carbocycles. The molecule has 33 heavy (non-hydrogen) atoms. The van der Waals surface area contributed by atoms with E-state index in [9.17, 15) is 10.1 Å². The number of carbonyl (C=O) groups excluding carboxylic acids is 1. The summed E-state index contributed by atoms with van der Waals surface area (Å²) in [5, 5.41) is 25.1. The van der Waals surface area contributed by atoms with Gasteiger partial charge in [-0.05, 0) is 62.5 Å². The van der Waals surface area contributed by atoms with Gasteiger partial charge in [-0.2, -0.15) is 5.26 Å². The minimum Gasteiger partial charge on any atom is -0.316 e. The van der Waals surface area contributed by atoms with Gasteiger partial charge in [0.1, 0.15) is 11.1 Å². The number of fused-ring (bicyclic) bond motifs is 2. The molecular formula is C24H25N5OS3. The van der Waals surface area contributed by atoms with Crippen LogP contribution in [0.15, 0.2) is 23.2 Å². The summed E-state index contributed by atoms with van der Waals surface area (Å²) in [6.45, 7) is 4.49. The fourth-order valence-corrected chi connectivity index (χ4v) is 7.76. The number of aryl methyl sites for hydroxylation is 2. The van der Waals surface area contributed by atoms with E-state index >= 15 is 0 Å². The second-order valence-corrected chi connectivity index (χ2v) is 11.3. The van der Waals surface area contributed by atoms with E-state index in [0.717, 1.165) is 49.9 Å². The third kappa shape index (κ3) is 4.39. The first kappa shape index (κ1) is 22.4. The molecule has 0 fully saturated rings. The van der Waals surface area contributed by atoms with Crippen molar-refractivity contribution in [1.82, 2.24) is 14.8 Å². The lowest BCUT2D eigenvalue weighted by atomic mass is 9.95. The molecule has 0 aliphatic heterocycles. The second kappa shape index (κ2) is 9.84. The first-order valence-electron chi connectivity index (χ1n) is 11.3. The highest BCUT2D eigenvalue weighted by Gasteiger charge is 2.24. The molecule has 170 valence electrons. The highest BCUT2D eigenvalue weighted by atomic mass is 32.2. The Kier molecular flexibility index (Phi) is 6.67. The largest absolute Gasteiger partial charge is 0.316 e. The normalized spacial score (nSPS) is 14.9. The fraction of sp³-hybridized carbons (Fsp3) is 0.417. The predicted molar refractivity (Wildman–Crippen MR) is 135 cm³/mol. The van der Waals surface area contributed by atoms with E-state index < -0.39 is 0 Å². The number of amides is 1. The molecule has 0 bridgehead atoms. The number of rotatable bonds is 7. The Morgan fingerprint density at radius 1 is 1.18 bits per heavy atom. The van der Waals surface area contributed by atoms with Gasteiger partial charge in [0, 0.05) is 27.2 Å². The molecule has 3 heterocycles. The van der Waals surface area contributed by atoms with Crippen molar-refractivity contribution in [2.24, 2.45) is 0 Å². The Morgan fingerprint density at radius 3 is 2.73 bits per heavy atom. The van der Waals surface area contributed by atoms with E-state index in [4.69, 9.17) is 0 Å². The molecule has 0 unspecified atom stereocenters. The van der Waals surface area contributed by atoms with Gasteiger partial charge in [-0.25, -0.2) is 0 Å². The third-order valence-electron chi connectivity index (χ3n) is 6.20. The molecule has 0 saturated heterocycles. The molecule has 3 aromatic rings. The average Bonchev–Trinajstić information content (AvgIpc) is 3.52. The molecule has 0 atom stereocenters. The Morgan fingerprint density at radius 2 is 1.94 bits per heavy atom. The van der Waals surface area contributed by atoms with Crippen LogP contribution in [0.5, 0.6) is 0 Å². The zero-order valence-corrected chi connectivity index (χ0v) is 20.8. The molecule has 2 aliphatic rings. The van der Waals surface area contributed by atoms with Crippen LogP contribution in [-0.4, -0.2) is 26.4 Å². The second-order valence-electron chi connectivity index (χ2n) is 8.33. The molecule has 3 aromatic heterocycles. The lowest BCUT2D eigenvalue weighted by molar-refractivity contribution is -0.113. The molecule has 0 radical (unpaired) electrons. The van der Waals surface area contributed by atoms with Crippen LogP contribution in [0.2, 0.25) is 0 Å². The van der Waals surface area contributed by atoms with Crippen molar-refractivity contribution >= 4 is 45.3 Å². The molecule has 5 rings (SSSR count). The average molecular weight is 496 g/mol. The minimum atomic E-state index is -0.127. The van der Waals surface area contributed by atoms with Crippen LogP contribution in [0.1, 0.15) is 52.1 Å². The summed E-state index contributed by atoms with van der Waals surface area (Å²) < 4.78 is 2.05. The van der Waals surface area contributed by atoms with Gasteiger partial charge < -0.3 is 5.32 Å². The number of nitriles is 1. The van der Waals surface area contributed by atoms with Crippen molar-refractivity contribution in [3.8, 4) is 17.5 Å². The van der Waals surface area contributed by atoms with Crippen molar-refractivity contribution in [2.45, 2.75) is 63.1 Å². The number of aromatic nitrogens is 3.